The molecule has 0 aliphatic carbocycles. The minimum atomic E-state index is -3.38. The number of hydrogen-bond donors (Lipinski definition) is 1. The Kier molecular flexibility index (Phi) is 6.08. The van der Waals surface area contributed by atoms with E-state index in [4.69, 9.17) is 4.74 Å². The summed E-state index contributed by atoms with van der Waals surface area (Å²) in [5.41, 5.74) is 0. The number of sulfone groups is 1. The number of thioether (sulfide) groups is 1. The minimum Gasteiger partial charge on any atom is -0.377 e. The van der Waals surface area contributed by atoms with Gasteiger partial charge in [-0.05, 0) is 12.8 Å². The van der Waals surface area contributed by atoms with Crippen LogP contribution >= 0.6 is 11.8 Å². The molecule has 3 heterocycles. The third kappa shape index (κ3) is 4.49. The molecule has 0 aromatic rings. The van der Waals surface area contributed by atoms with Crippen LogP contribution in [0.4, 0.5) is 0 Å². The highest BCUT2D eigenvalue weighted by atomic mass is 32.2. The molecule has 11 heteroatoms. The number of nitrogens with zero attached hydrogens (tertiary/aromatic N) is 2. The van der Waals surface area contributed by atoms with Crippen molar-refractivity contribution in [3.05, 3.63) is 0 Å². The highest BCUT2D eigenvalue weighted by Gasteiger charge is 2.38. The fraction of sp³-hybridized carbons (Fsp3) is 0.800. The van der Waals surface area contributed by atoms with Crippen LogP contribution in [0.15, 0.2) is 0 Å². The van der Waals surface area contributed by atoms with Gasteiger partial charge in [0.15, 0.2) is 9.84 Å². The smallest absolute Gasteiger partial charge is 0.242 e. The minimum absolute atomic E-state index is 0.0174. The van der Waals surface area contributed by atoms with Crippen LogP contribution in [0.1, 0.15) is 12.8 Å². The largest absolute Gasteiger partial charge is 0.377 e. The summed E-state index contributed by atoms with van der Waals surface area (Å²) >= 11 is 1.47. The Balaban J connectivity index is 1.57. The van der Waals surface area contributed by atoms with Crippen molar-refractivity contribution in [2.24, 2.45) is 0 Å². The molecule has 3 fully saturated rings. The normalized spacial score (nSPS) is 28.8. The van der Waals surface area contributed by atoms with Gasteiger partial charge in [0.1, 0.15) is 11.8 Å². The molecule has 2 unspecified atom stereocenters. The van der Waals surface area contributed by atoms with Crippen LogP contribution in [-0.2, 0) is 29.0 Å². The van der Waals surface area contributed by atoms with E-state index in [9.17, 15) is 22.8 Å². The van der Waals surface area contributed by atoms with Gasteiger partial charge in [-0.15, -0.1) is 11.8 Å². The van der Waals surface area contributed by atoms with Gasteiger partial charge in [0.05, 0.1) is 36.6 Å². The van der Waals surface area contributed by atoms with Crippen LogP contribution < -0.4 is 5.32 Å². The highest BCUT2D eigenvalue weighted by molar-refractivity contribution is 8.00. The summed E-state index contributed by atoms with van der Waals surface area (Å²) in [5.74, 6) is 0.180. The standard InChI is InChI=1S/C15H23N3O6S2/c19-13(7-18-10-25-9-14(18)20)17-3-4-24-8-11(6-17)16-15(21)12-2-1-5-26(12,22)23/h11-12H,1-10H2,(H,16,21). The monoisotopic (exact) mass is 405 g/mol. The summed E-state index contributed by atoms with van der Waals surface area (Å²) in [6.45, 7) is 1.20. The van der Waals surface area contributed by atoms with Gasteiger partial charge in [-0.25, -0.2) is 8.42 Å². The van der Waals surface area contributed by atoms with Gasteiger partial charge < -0.3 is 19.9 Å². The molecule has 146 valence electrons. The zero-order chi connectivity index (χ0) is 18.7. The van der Waals surface area contributed by atoms with Crippen molar-refractivity contribution in [2.75, 3.05) is 50.2 Å². The molecule has 1 N–H and O–H groups in total. The molecule has 0 spiro atoms. The van der Waals surface area contributed by atoms with E-state index in [1.54, 1.807) is 4.90 Å². The lowest BCUT2D eigenvalue weighted by molar-refractivity contribution is -0.138. The molecule has 0 aromatic carbocycles. The summed E-state index contributed by atoms with van der Waals surface area (Å²) in [6.07, 6.45) is 0.827. The van der Waals surface area contributed by atoms with E-state index in [0.717, 1.165) is 0 Å². The Morgan fingerprint density at radius 3 is 2.81 bits per heavy atom. The predicted molar refractivity (Wildman–Crippen MR) is 95.2 cm³/mol. The van der Waals surface area contributed by atoms with Crippen molar-refractivity contribution in [2.45, 2.75) is 24.1 Å². The van der Waals surface area contributed by atoms with E-state index in [1.807, 2.05) is 0 Å². The maximum absolute atomic E-state index is 12.5. The molecule has 26 heavy (non-hydrogen) atoms. The fourth-order valence-electron chi connectivity index (χ4n) is 3.31. The first-order valence-corrected chi connectivity index (χ1v) is 11.5. The van der Waals surface area contributed by atoms with E-state index in [1.165, 1.54) is 16.7 Å². The van der Waals surface area contributed by atoms with Crippen molar-refractivity contribution in [3.63, 3.8) is 0 Å². The number of ether oxygens (including phenoxy) is 1. The van der Waals surface area contributed by atoms with Crippen molar-refractivity contribution in [1.29, 1.82) is 0 Å². The van der Waals surface area contributed by atoms with Gasteiger partial charge >= 0.3 is 0 Å². The molecule has 2 atom stereocenters. The molecule has 3 aliphatic rings. The molecule has 3 aliphatic heterocycles. The van der Waals surface area contributed by atoms with E-state index in [2.05, 4.69) is 5.32 Å². The van der Waals surface area contributed by atoms with Crippen LogP contribution in [0.3, 0.4) is 0 Å². The molecular weight excluding hydrogens is 382 g/mol. The van der Waals surface area contributed by atoms with Crippen molar-refractivity contribution >= 4 is 39.3 Å². The molecule has 0 bridgehead atoms. The number of nitrogens with one attached hydrogen (secondary N) is 1. The lowest BCUT2D eigenvalue weighted by Gasteiger charge is -2.26. The van der Waals surface area contributed by atoms with E-state index in [0.29, 0.717) is 37.6 Å². The van der Waals surface area contributed by atoms with Crippen LogP contribution in [0.2, 0.25) is 0 Å². The Morgan fingerprint density at radius 2 is 2.15 bits per heavy atom. The third-order valence-corrected chi connectivity index (χ3v) is 7.86. The van der Waals surface area contributed by atoms with Gasteiger partial charge in [-0.3, -0.25) is 14.4 Å². The van der Waals surface area contributed by atoms with Crippen LogP contribution in [0.5, 0.6) is 0 Å². The highest BCUT2D eigenvalue weighted by Crippen LogP contribution is 2.20. The summed E-state index contributed by atoms with van der Waals surface area (Å²) in [4.78, 5) is 39.6. The van der Waals surface area contributed by atoms with Crippen molar-refractivity contribution in [3.8, 4) is 0 Å². The lowest BCUT2D eigenvalue weighted by atomic mass is 10.2. The molecule has 9 nitrogen and oxygen atoms in total. The second-order valence-electron chi connectivity index (χ2n) is 6.69. The molecular formula is C15H23N3O6S2. The third-order valence-electron chi connectivity index (χ3n) is 4.74. The van der Waals surface area contributed by atoms with E-state index in [-0.39, 0.29) is 37.3 Å². The van der Waals surface area contributed by atoms with E-state index >= 15 is 0 Å². The number of carbonyl (C=O) groups is 3. The van der Waals surface area contributed by atoms with Gasteiger partial charge in [0.2, 0.25) is 17.7 Å². The summed E-state index contributed by atoms with van der Waals surface area (Å²) in [5, 5.41) is 1.72. The number of carbonyl (C=O) groups excluding carboxylic acids is 3. The maximum atomic E-state index is 12.5. The second-order valence-corrected chi connectivity index (χ2v) is 9.95. The van der Waals surface area contributed by atoms with Crippen molar-refractivity contribution in [1.82, 2.24) is 15.1 Å². The Labute approximate surface area is 156 Å². The number of amides is 3. The van der Waals surface area contributed by atoms with Crippen LogP contribution in [-0.4, -0.2) is 97.5 Å². The molecule has 3 rings (SSSR count). The first-order chi connectivity index (χ1) is 12.4. The molecule has 0 aromatic heterocycles. The van der Waals surface area contributed by atoms with E-state index < -0.39 is 27.0 Å². The SMILES string of the molecule is O=C(NC1COCCN(C(=O)CN2CSCC2=O)C1)C1CCCS1(=O)=O. The predicted octanol–water partition coefficient (Wildman–Crippen LogP) is -1.56. The summed E-state index contributed by atoms with van der Waals surface area (Å²) in [6, 6.07) is -0.464. The van der Waals surface area contributed by atoms with Crippen LogP contribution in [0, 0.1) is 0 Å². The van der Waals surface area contributed by atoms with Crippen LogP contribution in [0.25, 0.3) is 0 Å². The molecule has 3 amide bonds. The van der Waals surface area contributed by atoms with Gasteiger partial charge in [-0.2, -0.15) is 0 Å². The Hall–Kier alpha value is -1.33. The average molecular weight is 405 g/mol. The molecule has 0 radical (unpaired) electrons. The Bertz CT molecular complexity index is 683. The number of rotatable bonds is 4. The van der Waals surface area contributed by atoms with Gasteiger partial charge in [-0.1, -0.05) is 0 Å². The quantitative estimate of drug-likeness (QED) is 0.602. The zero-order valence-electron chi connectivity index (χ0n) is 14.4. The number of hydrogen-bond acceptors (Lipinski definition) is 7. The summed E-state index contributed by atoms with van der Waals surface area (Å²) < 4.78 is 29.3. The average Bonchev–Trinajstić information content (AvgIpc) is 3.05. The topological polar surface area (TPSA) is 113 Å². The van der Waals surface area contributed by atoms with Gasteiger partial charge in [0.25, 0.3) is 0 Å². The fourth-order valence-corrected chi connectivity index (χ4v) is 5.99. The first kappa shape index (κ1) is 19.4. The van der Waals surface area contributed by atoms with Crippen molar-refractivity contribution < 1.29 is 27.5 Å². The second kappa shape index (κ2) is 8.13. The Morgan fingerprint density at radius 1 is 1.35 bits per heavy atom. The first-order valence-electron chi connectivity index (χ1n) is 8.60. The summed E-state index contributed by atoms with van der Waals surface area (Å²) in [7, 11) is -3.38. The zero-order valence-corrected chi connectivity index (χ0v) is 16.0. The molecule has 3 saturated heterocycles. The maximum Gasteiger partial charge on any atom is 0.242 e. The molecule has 0 saturated carbocycles. The van der Waals surface area contributed by atoms with Gasteiger partial charge in [0, 0.05) is 13.1 Å². The lowest BCUT2D eigenvalue weighted by Crippen LogP contribution is -2.51.